The van der Waals surface area contributed by atoms with E-state index in [2.05, 4.69) is 31.4 Å². The number of piperidine rings is 1. The van der Waals surface area contributed by atoms with Crippen molar-refractivity contribution in [2.45, 2.75) is 83.7 Å². The Bertz CT molecular complexity index is 2290. The first kappa shape index (κ1) is 37.8. The van der Waals surface area contributed by atoms with Gasteiger partial charge in [0.15, 0.2) is 5.82 Å². The minimum Gasteiger partial charge on any atom is -0.494 e. The quantitative estimate of drug-likeness (QED) is 0.0749. The Morgan fingerprint density at radius 1 is 0.946 bits per heavy atom. The fourth-order valence-electron chi connectivity index (χ4n) is 6.81. The van der Waals surface area contributed by atoms with Crippen molar-refractivity contribution >= 4 is 57.9 Å². The highest BCUT2D eigenvalue weighted by Crippen LogP contribution is 2.33. The zero-order valence-electron chi connectivity index (χ0n) is 31.5. The molecule has 56 heavy (non-hydrogen) atoms. The molecule has 0 spiro atoms. The summed E-state index contributed by atoms with van der Waals surface area (Å²) >= 11 is 0. The average Bonchev–Trinajstić information content (AvgIpc) is 3.89. The Hall–Kier alpha value is -6.51. The number of amides is 6. The molecule has 6 amide bonds. The van der Waals surface area contributed by atoms with E-state index >= 15 is 0 Å². The van der Waals surface area contributed by atoms with Crippen LogP contribution in [0.4, 0.5) is 22.0 Å². The van der Waals surface area contributed by atoms with Crippen LogP contribution in [0.3, 0.4) is 0 Å². The van der Waals surface area contributed by atoms with Gasteiger partial charge in [0.1, 0.15) is 23.9 Å². The van der Waals surface area contributed by atoms with Gasteiger partial charge in [0.05, 0.1) is 17.6 Å². The third kappa shape index (κ3) is 8.56. The molecule has 4 N–H and O–H groups in total. The number of hydrogen-bond donors (Lipinski definition) is 4. The van der Waals surface area contributed by atoms with Crippen molar-refractivity contribution in [2.75, 3.05) is 22.6 Å². The maximum absolute atomic E-state index is 13.1. The number of imidazole rings is 1. The van der Waals surface area contributed by atoms with Gasteiger partial charge in [-0.2, -0.15) is 0 Å². The van der Waals surface area contributed by atoms with Crippen molar-refractivity contribution in [2.24, 2.45) is 0 Å². The van der Waals surface area contributed by atoms with Gasteiger partial charge in [-0.1, -0.05) is 44.8 Å². The first-order valence-electron chi connectivity index (χ1n) is 18.7. The van der Waals surface area contributed by atoms with Crippen molar-refractivity contribution in [1.82, 2.24) is 24.9 Å². The molecular formula is C41H44N8O7. The number of urea groups is 1. The number of nitrogens with zero attached hydrogens (tertiary/aromatic N) is 4. The number of hydrogen-bond acceptors (Lipinski definition) is 9. The summed E-state index contributed by atoms with van der Waals surface area (Å²) < 4.78 is 13.3. The lowest BCUT2D eigenvalue weighted by atomic mass is 9.93. The maximum Gasteiger partial charge on any atom is 0.324 e. The molecule has 7 rings (SSSR count). The molecule has 2 aliphatic heterocycles. The van der Waals surface area contributed by atoms with Crippen molar-refractivity contribution in [3.05, 3.63) is 89.9 Å². The lowest BCUT2D eigenvalue weighted by Gasteiger charge is -2.29. The number of fused-ring (bicyclic) bond motifs is 2. The highest BCUT2D eigenvalue weighted by Gasteiger charge is 2.40. The summed E-state index contributed by atoms with van der Waals surface area (Å²) in [5.41, 5.74) is 4.69. The van der Waals surface area contributed by atoms with Crippen molar-refractivity contribution in [1.29, 1.82) is 0 Å². The third-order valence-electron chi connectivity index (χ3n) is 9.84. The second-order valence-corrected chi connectivity index (χ2v) is 15.0. The average molecular weight is 761 g/mol. The molecule has 0 aliphatic carbocycles. The van der Waals surface area contributed by atoms with Gasteiger partial charge in [0.2, 0.25) is 17.7 Å². The minimum atomic E-state index is -0.709. The summed E-state index contributed by atoms with van der Waals surface area (Å²) in [6.07, 6.45) is 5.83. The van der Waals surface area contributed by atoms with Crippen LogP contribution in [-0.4, -0.2) is 61.9 Å². The lowest BCUT2D eigenvalue weighted by Crippen LogP contribution is -2.52. The van der Waals surface area contributed by atoms with Crippen LogP contribution < -0.4 is 26.0 Å². The van der Waals surface area contributed by atoms with Crippen LogP contribution in [0.5, 0.6) is 5.75 Å². The van der Waals surface area contributed by atoms with Gasteiger partial charge in [-0.15, -0.1) is 0 Å². The number of benzene rings is 3. The Balaban J connectivity index is 0.820. The molecule has 3 aromatic carbocycles. The zero-order valence-corrected chi connectivity index (χ0v) is 31.5. The molecule has 1 saturated heterocycles. The fraction of sp³-hybridized carbons (Fsp3) is 0.341. The van der Waals surface area contributed by atoms with Gasteiger partial charge in [-0.3, -0.25) is 34.4 Å². The summed E-state index contributed by atoms with van der Waals surface area (Å²) in [5.74, 6) is 0.524. The van der Waals surface area contributed by atoms with Gasteiger partial charge in [0, 0.05) is 65.1 Å². The Morgan fingerprint density at radius 3 is 2.52 bits per heavy atom. The van der Waals surface area contributed by atoms with Crippen LogP contribution >= 0.6 is 0 Å². The van der Waals surface area contributed by atoms with E-state index in [-0.39, 0.29) is 42.5 Å². The summed E-state index contributed by atoms with van der Waals surface area (Å²) in [7, 11) is 0. The van der Waals surface area contributed by atoms with Crippen LogP contribution in [0.25, 0.3) is 16.7 Å². The predicted molar refractivity (Wildman–Crippen MR) is 209 cm³/mol. The second kappa shape index (κ2) is 16.1. The Labute approximate surface area is 323 Å². The molecule has 2 aliphatic rings. The third-order valence-corrected chi connectivity index (χ3v) is 9.84. The van der Waals surface area contributed by atoms with E-state index < -0.39 is 18.0 Å². The Morgan fingerprint density at radius 2 is 1.75 bits per heavy atom. The van der Waals surface area contributed by atoms with E-state index in [9.17, 15) is 24.0 Å². The minimum absolute atomic E-state index is 0.136. The molecule has 4 heterocycles. The molecule has 15 heteroatoms. The van der Waals surface area contributed by atoms with Gasteiger partial charge >= 0.3 is 6.03 Å². The smallest absolute Gasteiger partial charge is 0.324 e. The molecule has 0 saturated carbocycles. The molecular weight excluding hydrogens is 717 g/mol. The molecule has 1 fully saturated rings. The highest BCUT2D eigenvalue weighted by molar-refractivity contribution is 6.07. The van der Waals surface area contributed by atoms with Crippen molar-refractivity contribution in [3.8, 4) is 11.4 Å². The van der Waals surface area contributed by atoms with Gasteiger partial charge in [-0.25, -0.2) is 9.78 Å². The van der Waals surface area contributed by atoms with Crippen molar-refractivity contribution < 1.29 is 33.2 Å². The van der Waals surface area contributed by atoms with Crippen molar-refractivity contribution in [3.63, 3.8) is 0 Å². The number of anilines is 3. The van der Waals surface area contributed by atoms with E-state index in [0.29, 0.717) is 53.5 Å². The zero-order chi connectivity index (χ0) is 39.4. The Kier molecular flexibility index (Phi) is 10.8. The van der Waals surface area contributed by atoms with E-state index in [1.165, 1.54) is 4.90 Å². The number of imide groups is 1. The molecule has 1 unspecified atom stereocenters. The number of unbranched alkanes of at least 4 members (excludes halogenated alkanes) is 3. The molecule has 0 bridgehead atoms. The van der Waals surface area contributed by atoms with Crippen LogP contribution in [-0.2, 0) is 26.3 Å². The second-order valence-electron chi connectivity index (χ2n) is 15.0. The first-order chi connectivity index (χ1) is 26.9. The molecule has 290 valence electrons. The summed E-state index contributed by atoms with van der Waals surface area (Å²) in [4.78, 5) is 68.4. The largest absolute Gasteiger partial charge is 0.494 e. The SMILES string of the molecule is CC(C)(C)c1cc(NC(=O)Nc2ccc(-n3cnc4cc(OCCCCCCC(=O)Nc5cccc6c5CN(C5CCC(=O)NC5=O)C6=O)ccc43)cc2)no1. The standard InChI is InChI=1S/C41H44N8O7/c1-41(2,3)34-22-35(47-56-34)45-40(54)43-25-12-14-26(15-13-25)49-24-42-31-21-27(16-17-32(31)49)55-20-7-5-4-6-11-36(50)44-30-10-8-9-28-29(30)23-48(39(28)53)33-18-19-37(51)46-38(33)52/h8-10,12-17,21-22,24,33H,4-7,11,18-20,23H2,1-3H3,(H,44,50)(H,46,51,52)(H2,43,45,47,54). The van der Waals surface area contributed by atoms with Gasteiger partial charge in [0.25, 0.3) is 5.91 Å². The van der Waals surface area contributed by atoms with Crippen LogP contribution in [0.1, 0.15) is 87.4 Å². The van der Waals surface area contributed by atoms with E-state index in [4.69, 9.17) is 9.26 Å². The van der Waals surface area contributed by atoms with Crippen LogP contribution in [0.2, 0.25) is 0 Å². The molecule has 0 radical (unpaired) electrons. The number of nitrogens with one attached hydrogen (secondary N) is 4. The highest BCUT2D eigenvalue weighted by atomic mass is 16.5. The lowest BCUT2D eigenvalue weighted by molar-refractivity contribution is -0.137. The number of carbonyl (C=O) groups is 5. The number of carbonyl (C=O) groups excluding carboxylic acids is 5. The first-order valence-corrected chi connectivity index (χ1v) is 18.7. The summed E-state index contributed by atoms with van der Waals surface area (Å²) in [6.45, 7) is 6.74. The molecule has 1 atom stereocenters. The summed E-state index contributed by atoms with van der Waals surface area (Å²) in [5, 5.41) is 14.7. The number of aromatic nitrogens is 3. The number of rotatable bonds is 13. The van der Waals surface area contributed by atoms with Gasteiger partial charge in [-0.05, 0) is 67.8 Å². The van der Waals surface area contributed by atoms with E-state index in [1.54, 1.807) is 30.6 Å². The fourth-order valence-corrected chi connectivity index (χ4v) is 6.81. The summed E-state index contributed by atoms with van der Waals surface area (Å²) in [6, 6.07) is 19.0. The molecule has 2 aromatic heterocycles. The monoisotopic (exact) mass is 760 g/mol. The maximum atomic E-state index is 13.1. The van der Waals surface area contributed by atoms with E-state index in [1.807, 2.05) is 67.8 Å². The van der Waals surface area contributed by atoms with Crippen LogP contribution in [0, 0.1) is 0 Å². The predicted octanol–water partition coefficient (Wildman–Crippen LogP) is 6.68. The van der Waals surface area contributed by atoms with Gasteiger partial charge < -0.3 is 24.8 Å². The topological polar surface area (TPSA) is 190 Å². The normalized spacial score (nSPS) is 15.4. The molecule has 15 nitrogen and oxygen atoms in total. The van der Waals surface area contributed by atoms with E-state index in [0.717, 1.165) is 41.7 Å². The molecule has 5 aromatic rings. The number of ether oxygens (including phenoxy) is 1. The van der Waals surface area contributed by atoms with Crippen LogP contribution in [0.15, 0.2) is 77.6 Å².